The van der Waals surface area contributed by atoms with Crippen molar-refractivity contribution < 1.29 is 19.0 Å². The van der Waals surface area contributed by atoms with Crippen molar-refractivity contribution in [1.29, 1.82) is 0 Å². The molecule has 0 amide bonds. The van der Waals surface area contributed by atoms with E-state index in [-0.39, 0.29) is 23.3 Å². The summed E-state index contributed by atoms with van der Waals surface area (Å²) in [5.74, 6) is -0.0780. The van der Waals surface area contributed by atoms with Gasteiger partial charge in [0.25, 0.3) is 0 Å². The van der Waals surface area contributed by atoms with Crippen LogP contribution in [0.5, 0.6) is 5.75 Å². The summed E-state index contributed by atoms with van der Waals surface area (Å²) in [6.07, 6.45) is 4.28. The van der Waals surface area contributed by atoms with Gasteiger partial charge in [0, 0.05) is 11.1 Å². The van der Waals surface area contributed by atoms with Gasteiger partial charge in [0.1, 0.15) is 18.2 Å². The van der Waals surface area contributed by atoms with Crippen LogP contribution in [0.2, 0.25) is 5.02 Å². The molecule has 7 heteroatoms. The van der Waals surface area contributed by atoms with E-state index in [2.05, 4.69) is 29.3 Å². The van der Waals surface area contributed by atoms with Gasteiger partial charge in [-0.25, -0.2) is 9.37 Å². The number of carboxylic acid groups (broad SMARTS) is 1. The second-order valence-corrected chi connectivity index (χ2v) is 9.82. The number of carboxylic acids is 1. The van der Waals surface area contributed by atoms with E-state index in [9.17, 15) is 9.18 Å². The molecule has 0 aliphatic heterocycles. The average Bonchev–Trinajstić information content (AvgIpc) is 3.00. The summed E-state index contributed by atoms with van der Waals surface area (Å²) >= 11 is 7.53. The number of fused-ring (bicyclic) bond motifs is 3. The van der Waals surface area contributed by atoms with E-state index in [1.807, 2.05) is 36.4 Å². The molecular formula is C28H21ClFNO3S. The van der Waals surface area contributed by atoms with E-state index >= 15 is 0 Å². The average molecular weight is 506 g/mol. The smallest absolute Gasteiger partial charge is 0.304 e. The molecule has 0 radical (unpaired) electrons. The van der Waals surface area contributed by atoms with Gasteiger partial charge in [-0.1, -0.05) is 60.2 Å². The molecule has 4 nitrogen and oxygen atoms in total. The van der Waals surface area contributed by atoms with E-state index in [0.29, 0.717) is 28.1 Å². The van der Waals surface area contributed by atoms with Gasteiger partial charge in [-0.15, -0.1) is 11.8 Å². The van der Waals surface area contributed by atoms with Gasteiger partial charge in [0.15, 0.2) is 0 Å². The summed E-state index contributed by atoms with van der Waals surface area (Å²) in [5.41, 5.74) is 5.73. The fourth-order valence-electron chi connectivity index (χ4n) is 4.11. The van der Waals surface area contributed by atoms with Crippen molar-refractivity contribution in [3.8, 4) is 5.75 Å². The second-order valence-electron chi connectivity index (χ2n) is 8.20. The molecule has 176 valence electrons. The number of hydrogen-bond acceptors (Lipinski definition) is 4. The van der Waals surface area contributed by atoms with Gasteiger partial charge < -0.3 is 9.84 Å². The predicted molar refractivity (Wildman–Crippen MR) is 139 cm³/mol. The molecule has 3 aromatic carbocycles. The van der Waals surface area contributed by atoms with Crippen LogP contribution in [0.4, 0.5) is 4.39 Å². The first-order chi connectivity index (χ1) is 17.0. The fraction of sp³-hybridized carbons (Fsp3) is 0.143. The van der Waals surface area contributed by atoms with Crippen LogP contribution in [-0.4, -0.2) is 21.8 Å². The fourth-order valence-corrected chi connectivity index (χ4v) is 5.58. The zero-order valence-electron chi connectivity index (χ0n) is 18.6. The first-order valence-corrected chi connectivity index (χ1v) is 12.5. The lowest BCUT2D eigenvalue weighted by Gasteiger charge is -2.20. The maximum absolute atomic E-state index is 13.7. The van der Waals surface area contributed by atoms with Gasteiger partial charge in [0.05, 0.1) is 27.9 Å². The summed E-state index contributed by atoms with van der Waals surface area (Å²) in [6, 6.07) is 20.6. The molecule has 1 unspecified atom stereocenters. The van der Waals surface area contributed by atoms with Crippen LogP contribution in [-0.2, 0) is 11.4 Å². The summed E-state index contributed by atoms with van der Waals surface area (Å²) in [4.78, 5) is 15.7. The van der Waals surface area contributed by atoms with Crippen molar-refractivity contribution in [2.24, 2.45) is 0 Å². The summed E-state index contributed by atoms with van der Waals surface area (Å²) < 4.78 is 19.8. The minimum Gasteiger partial charge on any atom is -0.487 e. The summed E-state index contributed by atoms with van der Waals surface area (Å²) in [5, 5.41) is 9.82. The topological polar surface area (TPSA) is 59.4 Å². The number of aliphatic carboxylic acids is 1. The SMILES string of the molecule is O=C(O)CCSC1c2ccccc2C=Cc2ccc(OCc3ccc4cc(F)c(Cl)cc4n3)cc21. The molecule has 1 aliphatic carbocycles. The molecular weight excluding hydrogens is 485 g/mol. The lowest BCUT2D eigenvalue weighted by atomic mass is 9.99. The van der Waals surface area contributed by atoms with Crippen molar-refractivity contribution in [2.75, 3.05) is 5.75 Å². The quantitative estimate of drug-likeness (QED) is 0.284. The maximum Gasteiger partial charge on any atom is 0.304 e. The number of pyridine rings is 1. The number of halogens is 2. The molecule has 4 aromatic rings. The maximum atomic E-state index is 13.7. The monoisotopic (exact) mass is 505 g/mol. The molecule has 1 aromatic heterocycles. The Balaban J connectivity index is 1.41. The second kappa shape index (κ2) is 10.1. The van der Waals surface area contributed by atoms with Crippen LogP contribution in [0, 0.1) is 5.82 Å². The molecule has 5 rings (SSSR count). The Morgan fingerprint density at radius 2 is 1.83 bits per heavy atom. The number of rotatable bonds is 7. The molecule has 1 aliphatic rings. The number of nitrogens with zero attached hydrogens (tertiary/aromatic N) is 1. The Bertz CT molecular complexity index is 1460. The Morgan fingerprint density at radius 3 is 2.66 bits per heavy atom. The molecule has 1 atom stereocenters. The number of benzene rings is 3. The lowest BCUT2D eigenvalue weighted by Crippen LogP contribution is -2.05. The summed E-state index contributed by atoms with van der Waals surface area (Å²) in [6.45, 7) is 0.243. The third-order valence-electron chi connectivity index (χ3n) is 5.84. The van der Waals surface area contributed by atoms with Crippen molar-refractivity contribution in [2.45, 2.75) is 18.3 Å². The first-order valence-electron chi connectivity index (χ1n) is 11.1. The number of aromatic nitrogens is 1. The molecule has 0 saturated heterocycles. The first kappa shape index (κ1) is 23.4. The zero-order chi connectivity index (χ0) is 24.4. The molecule has 35 heavy (non-hydrogen) atoms. The number of thioether (sulfide) groups is 1. The van der Waals surface area contributed by atoms with Crippen LogP contribution in [0.15, 0.2) is 66.7 Å². The number of carbonyl (C=O) groups is 1. The van der Waals surface area contributed by atoms with Crippen molar-refractivity contribution in [3.05, 3.63) is 106 Å². The highest BCUT2D eigenvalue weighted by molar-refractivity contribution is 7.99. The lowest BCUT2D eigenvalue weighted by molar-refractivity contribution is -0.136. The molecule has 0 bridgehead atoms. The highest BCUT2D eigenvalue weighted by atomic mass is 35.5. The van der Waals surface area contributed by atoms with E-state index in [1.54, 1.807) is 17.8 Å². The molecule has 1 N–H and O–H groups in total. The van der Waals surface area contributed by atoms with Gasteiger partial charge in [0.2, 0.25) is 0 Å². The minimum atomic E-state index is -0.804. The van der Waals surface area contributed by atoms with Gasteiger partial charge in [-0.3, -0.25) is 4.79 Å². The third kappa shape index (κ3) is 5.19. The van der Waals surface area contributed by atoms with Crippen LogP contribution in [0.25, 0.3) is 23.1 Å². The van der Waals surface area contributed by atoms with E-state index in [4.69, 9.17) is 21.4 Å². The Labute approximate surface area is 211 Å². The zero-order valence-corrected chi connectivity index (χ0v) is 20.2. The van der Waals surface area contributed by atoms with E-state index in [1.165, 1.54) is 12.1 Å². The molecule has 0 fully saturated rings. The summed E-state index contributed by atoms with van der Waals surface area (Å²) in [7, 11) is 0. The Hall–Kier alpha value is -3.35. The van der Waals surface area contributed by atoms with Crippen LogP contribution in [0.1, 0.15) is 39.6 Å². The van der Waals surface area contributed by atoms with Crippen LogP contribution >= 0.6 is 23.4 Å². The number of ether oxygens (including phenoxy) is 1. The molecule has 1 heterocycles. The highest BCUT2D eigenvalue weighted by Gasteiger charge is 2.23. The van der Waals surface area contributed by atoms with Crippen molar-refractivity contribution >= 4 is 52.4 Å². The van der Waals surface area contributed by atoms with Crippen molar-refractivity contribution in [1.82, 2.24) is 4.98 Å². The van der Waals surface area contributed by atoms with E-state index < -0.39 is 11.8 Å². The predicted octanol–water partition coefficient (Wildman–Crippen LogP) is 7.39. The van der Waals surface area contributed by atoms with Crippen LogP contribution < -0.4 is 4.74 Å². The largest absolute Gasteiger partial charge is 0.487 e. The number of hydrogen-bond donors (Lipinski definition) is 1. The molecule has 0 spiro atoms. The van der Waals surface area contributed by atoms with Gasteiger partial charge in [-0.2, -0.15) is 0 Å². The Morgan fingerprint density at radius 1 is 1.03 bits per heavy atom. The van der Waals surface area contributed by atoms with Crippen LogP contribution in [0.3, 0.4) is 0 Å². The van der Waals surface area contributed by atoms with Gasteiger partial charge in [-0.05, 0) is 52.6 Å². The minimum absolute atomic E-state index is 0.0186. The molecule has 0 saturated carbocycles. The Kier molecular flexibility index (Phi) is 6.75. The van der Waals surface area contributed by atoms with Crippen molar-refractivity contribution in [3.63, 3.8) is 0 Å². The van der Waals surface area contributed by atoms with Gasteiger partial charge >= 0.3 is 5.97 Å². The highest BCUT2D eigenvalue weighted by Crippen LogP contribution is 2.43. The van der Waals surface area contributed by atoms with E-state index in [0.717, 1.165) is 22.3 Å². The third-order valence-corrected chi connectivity index (χ3v) is 7.41. The standard InChI is InChI=1S/C28H21ClFNO3S/c29-24-15-26-19(13-25(24)30)7-9-20(31-26)16-34-21-10-8-18-6-5-17-3-1-2-4-22(17)28(23(18)14-21)35-12-11-27(32)33/h1-10,13-15,28H,11-12,16H2,(H,32,33). The normalized spacial score (nSPS) is 14.3.